The third-order valence-electron chi connectivity index (χ3n) is 4.72. The lowest BCUT2D eigenvalue weighted by Gasteiger charge is -2.22. The highest BCUT2D eigenvalue weighted by atomic mass is 32.2. The van der Waals surface area contributed by atoms with E-state index in [1.807, 2.05) is 0 Å². The standard InChI is InChI=1S/C20H23N3O5S2/c24-18(13-29-19-17(20(25)26)7-4-12-21-19)22-14-8-10-16(11-9-14)30(27,28)23-15-5-2-1-3-6-15/h4,7-12,15,23H,1-3,5-6,13H2,(H,22,24)(H,25,26). The van der Waals surface area contributed by atoms with Gasteiger partial charge in [0.15, 0.2) is 0 Å². The molecule has 0 aliphatic heterocycles. The lowest BCUT2D eigenvalue weighted by molar-refractivity contribution is -0.113. The lowest BCUT2D eigenvalue weighted by atomic mass is 9.96. The van der Waals surface area contributed by atoms with Crippen LogP contribution in [0.2, 0.25) is 0 Å². The molecule has 1 aliphatic rings. The number of carbonyl (C=O) groups excluding carboxylic acids is 1. The number of hydrogen-bond acceptors (Lipinski definition) is 6. The van der Waals surface area contributed by atoms with Crippen molar-refractivity contribution in [3.05, 3.63) is 48.2 Å². The van der Waals surface area contributed by atoms with Crippen LogP contribution in [0.5, 0.6) is 0 Å². The van der Waals surface area contributed by atoms with Crippen LogP contribution in [0.15, 0.2) is 52.5 Å². The largest absolute Gasteiger partial charge is 0.478 e. The molecule has 1 amide bonds. The first-order valence-electron chi connectivity index (χ1n) is 9.58. The molecule has 160 valence electrons. The zero-order chi connectivity index (χ0) is 21.6. The Morgan fingerprint density at radius 1 is 1.10 bits per heavy atom. The zero-order valence-corrected chi connectivity index (χ0v) is 17.8. The van der Waals surface area contributed by atoms with Gasteiger partial charge in [0.2, 0.25) is 15.9 Å². The minimum absolute atomic E-state index is 0.0255. The molecule has 1 heterocycles. The summed E-state index contributed by atoms with van der Waals surface area (Å²) in [6.45, 7) is 0. The number of carbonyl (C=O) groups is 2. The zero-order valence-electron chi connectivity index (χ0n) is 16.2. The molecule has 0 spiro atoms. The van der Waals surface area contributed by atoms with Gasteiger partial charge in [-0.3, -0.25) is 4.79 Å². The van der Waals surface area contributed by atoms with Gasteiger partial charge in [-0.25, -0.2) is 22.9 Å². The Bertz CT molecular complexity index is 1000. The average molecular weight is 450 g/mol. The monoisotopic (exact) mass is 449 g/mol. The summed E-state index contributed by atoms with van der Waals surface area (Å²) >= 11 is 1.02. The summed E-state index contributed by atoms with van der Waals surface area (Å²) in [4.78, 5) is 27.5. The van der Waals surface area contributed by atoms with Crippen LogP contribution in [-0.4, -0.2) is 42.2 Å². The summed E-state index contributed by atoms with van der Waals surface area (Å²) in [6.07, 6.45) is 6.37. The van der Waals surface area contributed by atoms with Crippen molar-refractivity contribution < 1.29 is 23.1 Å². The van der Waals surface area contributed by atoms with Crippen molar-refractivity contribution in [3.63, 3.8) is 0 Å². The molecule has 0 saturated heterocycles. The summed E-state index contributed by atoms with van der Waals surface area (Å²) in [5.41, 5.74) is 0.493. The Morgan fingerprint density at radius 2 is 1.80 bits per heavy atom. The van der Waals surface area contributed by atoms with Crippen molar-refractivity contribution >= 4 is 39.3 Å². The minimum Gasteiger partial charge on any atom is -0.478 e. The third kappa shape index (κ3) is 6.04. The van der Waals surface area contributed by atoms with Gasteiger partial charge >= 0.3 is 5.97 Å². The Kier molecular flexibility index (Phi) is 7.46. The van der Waals surface area contributed by atoms with E-state index in [-0.39, 0.29) is 33.2 Å². The summed E-state index contributed by atoms with van der Waals surface area (Å²) in [5, 5.41) is 12.1. The van der Waals surface area contributed by atoms with Crippen molar-refractivity contribution in [1.29, 1.82) is 0 Å². The number of sulfonamides is 1. The van der Waals surface area contributed by atoms with Crippen LogP contribution in [0.4, 0.5) is 5.69 Å². The van der Waals surface area contributed by atoms with Crippen molar-refractivity contribution in [3.8, 4) is 0 Å². The first kappa shape index (κ1) is 22.3. The predicted octanol–water partition coefficient (Wildman–Crippen LogP) is 3.12. The van der Waals surface area contributed by atoms with Crippen LogP contribution in [0.25, 0.3) is 0 Å². The SMILES string of the molecule is O=C(CSc1ncccc1C(=O)O)Nc1ccc(S(=O)(=O)NC2CCCCC2)cc1. The Balaban J connectivity index is 1.56. The van der Waals surface area contributed by atoms with E-state index < -0.39 is 16.0 Å². The molecule has 3 N–H and O–H groups in total. The fourth-order valence-electron chi connectivity index (χ4n) is 3.22. The Hall–Kier alpha value is -2.43. The number of aromatic nitrogens is 1. The highest BCUT2D eigenvalue weighted by molar-refractivity contribution is 8.00. The molecule has 3 rings (SSSR count). The molecular formula is C20H23N3O5S2. The lowest BCUT2D eigenvalue weighted by Crippen LogP contribution is -2.36. The Morgan fingerprint density at radius 3 is 2.47 bits per heavy atom. The number of carboxylic acids is 1. The fraction of sp³-hybridized carbons (Fsp3) is 0.350. The van der Waals surface area contributed by atoms with Crippen molar-refractivity contribution in [1.82, 2.24) is 9.71 Å². The van der Waals surface area contributed by atoms with Crippen molar-refractivity contribution in [2.75, 3.05) is 11.1 Å². The van der Waals surface area contributed by atoms with Gasteiger partial charge in [0.1, 0.15) is 5.03 Å². The van der Waals surface area contributed by atoms with Crippen LogP contribution in [0, 0.1) is 0 Å². The van der Waals surface area contributed by atoms with Gasteiger partial charge in [0, 0.05) is 17.9 Å². The first-order valence-corrected chi connectivity index (χ1v) is 12.1. The van der Waals surface area contributed by atoms with E-state index >= 15 is 0 Å². The maximum Gasteiger partial charge on any atom is 0.338 e. The molecule has 1 saturated carbocycles. The van der Waals surface area contributed by atoms with E-state index in [0.29, 0.717) is 5.69 Å². The molecule has 0 unspecified atom stereocenters. The van der Waals surface area contributed by atoms with E-state index in [2.05, 4.69) is 15.0 Å². The number of carboxylic acid groups (broad SMARTS) is 1. The molecular weight excluding hydrogens is 426 g/mol. The number of hydrogen-bond donors (Lipinski definition) is 3. The molecule has 1 aromatic carbocycles. The van der Waals surface area contributed by atoms with Gasteiger partial charge in [-0.2, -0.15) is 0 Å². The molecule has 8 nitrogen and oxygen atoms in total. The maximum absolute atomic E-state index is 12.5. The summed E-state index contributed by atoms with van der Waals surface area (Å²) in [7, 11) is -3.60. The number of nitrogens with one attached hydrogen (secondary N) is 2. The number of pyridine rings is 1. The molecule has 2 aromatic rings. The fourth-order valence-corrected chi connectivity index (χ4v) is 5.32. The third-order valence-corrected chi connectivity index (χ3v) is 7.26. The number of thioether (sulfide) groups is 1. The second-order valence-electron chi connectivity index (χ2n) is 6.98. The Labute approximate surface area is 179 Å². The van der Waals surface area contributed by atoms with Gasteiger partial charge < -0.3 is 10.4 Å². The first-order chi connectivity index (χ1) is 14.3. The van der Waals surface area contributed by atoms with Crippen molar-refractivity contribution in [2.24, 2.45) is 0 Å². The second-order valence-corrected chi connectivity index (χ2v) is 9.66. The second kappa shape index (κ2) is 10.1. The van der Waals surface area contributed by atoms with E-state index in [9.17, 15) is 18.0 Å². The average Bonchev–Trinajstić information content (AvgIpc) is 2.73. The molecule has 0 radical (unpaired) electrons. The van der Waals surface area contributed by atoms with Gasteiger partial charge in [-0.1, -0.05) is 31.0 Å². The number of aromatic carboxylic acids is 1. The van der Waals surface area contributed by atoms with Crippen LogP contribution < -0.4 is 10.0 Å². The highest BCUT2D eigenvalue weighted by Crippen LogP contribution is 2.22. The molecule has 30 heavy (non-hydrogen) atoms. The normalized spacial score (nSPS) is 14.9. The van der Waals surface area contributed by atoms with Gasteiger partial charge in [0.25, 0.3) is 0 Å². The van der Waals surface area contributed by atoms with E-state index in [4.69, 9.17) is 5.11 Å². The predicted molar refractivity (Wildman–Crippen MR) is 114 cm³/mol. The quantitative estimate of drug-likeness (QED) is 0.529. The molecule has 1 aliphatic carbocycles. The number of benzene rings is 1. The smallest absolute Gasteiger partial charge is 0.338 e. The summed E-state index contributed by atoms with van der Waals surface area (Å²) < 4.78 is 27.8. The molecule has 0 bridgehead atoms. The highest BCUT2D eigenvalue weighted by Gasteiger charge is 2.21. The van der Waals surface area contributed by atoms with Gasteiger partial charge in [0.05, 0.1) is 16.2 Å². The summed E-state index contributed by atoms with van der Waals surface area (Å²) in [5.74, 6) is -1.48. The van der Waals surface area contributed by atoms with Gasteiger partial charge in [-0.15, -0.1) is 0 Å². The van der Waals surface area contributed by atoms with Crippen LogP contribution in [0.1, 0.15) is 42.5 Å². The maximum atomic E-state index is 12.5. The number of amides is 1. The topological polar surface area (TPSA) is 125 Å². The number of nitrogens with zero attached hydrogens (tertiary/aromatic N) is 1. The van der Waals surface area contributed by atoms with Crippen molar-refractivity contribution in [2.45, 2.75) is 48.1 Å². The van der Waals surface area contributed by atoms with Gasteiger partial charge in [-0.05, 0) is 49.2 Å². The molecule has 0 atom stereocenters. The number of anilines is 1. The summed E-state index contributed by atoms with van der Waals surface area (Å²) in [6, 6.07) is 8.89. The number of rotatable bonds is 8. The van der Waals surface area contributed by atoms with E-state index in [1.165, 1.54) is 42.6 Å². The minimum atomic E-state index is -3.60. The van der Waals surface area contributed by atoms with E-state index in [1.54, 1.807) is 0 Å². The molecule has 1 fully saturated rings. The van der Waals surface area contributed by atoms with Crippen LogP contribution >= 0.6 is 11.8 Å². The molecule has 10 heteroatoms. The van der Waals surface area contributed by atoms with Crippen LogP contribution in [-0.2, 0) is 14.8 Å². The van der Waals surface area contributed by atoms with E-state index in [0.717, 1.165) is 43.9 Å². The molecule has 1 aromatic heterocycles. The van der Waals surface area contributed by atoms with Crippen LogP contribution in [0.3, 0.4) is 0 Å².